The molecular weight excluding hydrogens is 90.1 g/mol. The zero-order chi connectivity index (χ0) is 5.28. The average Bonchev–Trinajstić information content (AvgIpc) is 1.91. The highest BCUT2D eigenvalue weighted by atomic mass is 16.3. The summed E-state index contributed by atoms with van der Waals surface area (Å²) in [6.07, 6.45) is 0.821. The van der Waals surface area contributed by atoms with Gasteiger partial charge in [-0.15, -0.1) is 0 Å². The predicted molar refractivity (Wildman–Crippen MR) is 28.1 cm³/mol. The normalized spacial score (nSPS) is 42.0. The number of aliphatic hydroxyl groups is 1. The van der Waals surface area contributed by atoms with Crippen LogP contribution in [0.25, 0.3) is 0 Å². The lowest BCUT2D eigenvalue weighted by molar-refractivity contribution is 0.166. The highest BCUT2D eigenvalue weighted by molar-refractivity contribution is 4.78. The zero-order valence-electron chi connectivity index (χ0n) is 4.52. The van der Waals surface area contributed by atoms with E-state index in [1.54, 1.807) is 0 Å². The lowest BCUT2D eigenvalue weighted by Crippen LogP contribution is -2.25. The largest absolute Gasteiger partial charge is 0.391 e. The molecule has 0 bridgehead atoms. The van der Waals surface area contributed by atoms with Crippen molar-refractivity contribution in [2.45, 2.75) is 25.5 Å². The molecule has 0 radical (unpaired) electrons. The van der Waals surface area contributed by atoms with Crippen molar-refractivity contribution >= 4 is 0 Å². The molecule has 7 heavy (non-hydrogen) atoms. The smallest absolute Gasteiger partial charge is 0.0702 e. The molecule has 42 valence electrons. The maximum absolute atomic E-state index is 8.94. The number of hydrogen-bond acceptors (Lipinski definition) is 2. The molecule has 0 aliphatic carbocycles. The SMILES string of the molecule is C[C@@H]1NCCC1O. The fraction of sp³-hybridized carbons (Fsp3) is 1.00. The fourth-order valence-electron chi connectivity index (χ4n) is 0.845. The van der Waals surface area contributed by atoms with Gasteiger partial charge < -0.3 is 10.4 Å². The molecule has 0 aromatic carbocycles. The molecule has 0 aromatic rings. The fourth-order valence-corrected chi connectivity index (χ4v) is 0.845. The first-order valence-corrected chi connectivity index (χ1v) is 2.72. The second-order valence-corrected chi connectivity index (χ2v) is 2.10. The van der Waals surface area contributed by atoms with E-state index in [1.165, 1.54) is 0 Å². The maximum atomic E-state index is 8.94. The van der Waals surface area contributed by atoms with E-state index in [1.807, 2.05) is 6.92 Å². The third-order valence-electron chi connectivity index (χ3n) is 1.48. The molecule has 1 saturated heterocycles. The van der Waals surface area contributed by atoms with Crippen LogP contribution < -0.4 is 5.32 Å². The van der Waals surface area contributed by atoms with Crippen LogP contribution in [0.4, 0.5) is 0 Å². The molecule has 0 aromatic heterocycles. The minimum Gasteiger partial charge on any atom is -0.391 e. The van der Waals surface area contributed by atoms with Crippen molar-refractivity contribution in [2.24, 2.45) is 0 Å². The first-order chi connectivity index (χ1) is 3.30. The summed E-state index contributed by atoms with van der Waals surface area (Å²) in [5.74, 6) is 0. The lowest BCUT2D eigenvalue weighted by Gasteiger charge is -2.04. The summed E-state index contributed by atoms with van der Waals surface area (Å²) >= 11 is 0. The van der Waals surface area contributed by atoms with E-state index in [9.17, 15) is 0 Å². The summed E-state index contributed by atoms with van der Waals surface area (Å²) in [5, 5.41) is 12.1. The van der Waals surface area contributed by atoms with Crippen LogP contribution in [0.1, 0.15) is 13.3 Å². The highest BCUT2D eigenvalue weighted by Crippen LogP contribution is 2.03. The highest BCUT2D eigenvalue weighted by Gasteiger charge is 2.18. The van der Waals surface area contributed by atoms with E-state index in [0.29, 0.717) is 6.04 Å². The average molecular weight is 101 g/mol. The third-order valence-corrected chi connectivity index (χ3v) is 1.48. The Kier molecular flexibility index (Phi) is 1.30. The number of rotatable bonds is 0. The number of hydrogen-bond donors (Lipinski definition) is 2. The second-order valence-electron chi connectivity index (χ2n) is 2.10. The Labute approximate surface area is 43.5 Å². The van der Waals surface area contributed by atoms with Gasteiger partial charge in [0, 0.05) is 6.04 Å². The van der Waals surface area contributed by atoms with Crippen LogP contribution in [0.2, 0.25) is 0 Å². The Morgan fingerprint density at radius 2 is 2.43 bits per heavy atom. The van der Waals surface area contributed by atoms with Crippen molar-refractivity contribution in [3.05, 3.63) is 0 Å². The molecule has 1 aliphatic heterocycles. The van der Waals surface area contributed by atoms with Gasteiger partial charge >= 0.3 is 0 Å². The van der Waals surface area contributed by atoms with E-state index in [-0.39, 0.29) is 6.10 Å². The van der Waals surface area contributed by atoms with Crippen LogP contribution in [0.15, 0.2) is 0 Å². The van der Waals surface area contributed by atoms with Gasteiger partial charge in [0.2, 0.25) is 0 Å². The lowest BCUT2D eigenvalue weighted by atomic mass is 10.2. The molecule has 2 nitrogen and oxygen atoms in total. The first-order valence-electron chi connectivity index (χ1n) is 2.72. The van der Waals surface area contributed by atoms with Gasteiger partial charge in [-0.2, -0.15) is 0 Å². The summed E-state index contributed by atoms with van der Waals surface area (Å²) in [5.41, 5.74) is 0. The van der Waals surface area contributed by atoms with Crippen LogP contribution in [0, 0.1) is 0 Å². The number of nitrogens with one attached hydrogen (secondary N) is 1. The summed E-state index contributed by atoms with van der Waals surface area (Å²) in [7, 11) is 0. The molecule has 1 rings (SSSR count). The van der Waals surface area contributed by atoms with Gasteiger partial charge in [0.05, 0.1) is 6.10 Å². The Hall–Kier alpha value is -0.0800. The van der Waals surface area contributed by atoms with Gasteiger partial charge in [-0.1, -0.05) is 0 Å². The van der Waals surface area contributed by atoms with E-state index >= 15 is 0 Å². The summed E-state index contributed by atoms with van der Waals surface area (Å²) < 4.78 is 0. The molecule has 1 heterocycles. The van der Waals surface area contributed by atoms with Crippen LogP contribution in [0.5, 0.6) is 0 Å². The second kappa shape index (κ2) is 1.80. The van der Waals surface area contributed by atoms with Crippen molar-refractivity contribution in [1.82, 2.24) is 5.32 Å². The minimum atomic E-state index is -0.0972. The predicted octanol–water partition coefficient (Wildman–Crippen LogP) is -0.271. The van der Waals surface area contributed by atoms with Gasteiger partial charge in [0.25, 0.3) is 0 Å². The Balaban J connectivity index is 2.33. The Bertz CT molecular complexity index is 57.1. The summed E-state index contributed by atoms with van der Waals surface area (Å²) in [6, 6.07) is 0.319. The van der Waals surface area contributed by atoms with Gasteiger partial charge in [0.15, 0.2) is 0 Å². The number of aliphatic hydroxyl groups excluding tert-OH is 1. The minimum absolute atomic E-state index is 0.0972. The molecular formula is C5H11NO. The monoisotopic (exact) mass is 101 g/mol. The third kappa shape index (κ3) is 0.924. The molecule has 0 saturated carbocycles. The standard InChI is InChI=1S/C5H11NO/c1-4-5(7)2-3-6-4/h4-7H,2-3H2,1H3/t4-,5?/m0/s1. The Morgan fingerprint density at radius 1 is 1.71 bits per heavy atom. The Morgan fingerprint density at radius 3 is 2.57 bits per heavy atom. The van der Waals surface area contributed by atoms with Crippen molar-refractivity contribution < 1.29 is 5.11 Å². The topological polar surface area (TPSA) is 32.3 Å². The van der Waals surface area contributed by atoms with E-state index < -0.39 is 0 Å². The first kappa shape index (κ1) is 5.06. The molecule has 0 spiro atoms. The van der Waals surface area contributed by atoms with E-state index in [0.717, 1.165) is 13.0 Å². The molecule has 2 heteroatoms. The van der Waals surface area contributed by atoms with Crippen LogP contribution >= 0.6 is 0 Å². The van der Waals surface area contributed by atoms with Crippen LogP contribution in [0.3, 0.4) is 0 Å². The van der Waals surface area contributed by atoms with E-state index in [2.05, 4.69) is 5.32 Å². The van der Waals surface area contributed by atoms with Crippen molar-refractivity contribution in [3.8, 4) is 0 Å². The van der Waals surface area contributed by atoms with E-state index in [4.69, 9.17) is 5.11 Å². The quantitative estimate of drug-likeness (QED) is 0.440. The summed E-state index contributed by atoms with van der Waals surface area (Å²) in [4.78, 5) is 0. The molecule has 2 atom stereocenters. The van der Waals surface area contributed by atoms with Crippen molar-refractivity contribution in [2.75, 3.05) is 6.54 Å². The van der Waals surface area contributed by atoms with Gasteiger partial charge in [0.1, 0.15) is 0 Å². The maximum Gasteiger partial charge on any atom is 0.0702 e. The zero-order valence-corrected chi connectivity index (χ0v) is 4.52. The van der Waals surface area contributed by atoms with Crippen LogP contribution in [-0.4, -0.2) is 23.8 Å². The van der Waals surface area contributed by atoms with Crippen molar-refractivity contribution in [3.63, 3.8) is 0 Å². The molecule has 1 fully saturated rings. The summed E-state index contributed by atoms with van der Waals surface area (Å²) in [6.45, 7) is 2.97. The molecule has 2 N–H and O–H groups in total. The molecule has 1 aliphatic rings. The van der Waals surface area contributed by atoms with Gasteiger partial charge in [-0.25, -0.2) is 0 Å². The van der Waals surface area contributed by atoms with Gasteiger partial charge in [-0.3, -0.25) is 0 Å². The van der Waals surface area contributed by atoms with Gasteiger partial charge in [-0.05, 0) is 19.9 Å². The van der Waals surface area contributed by atoms with Crippen LogP contribution in [-0.2, 0) is 0 Å². The molecule has 1 unspecified atom stereocenters. The van der Waals surface area contributed by atoms with Crippen molar-refractivity contribution in [1.29, 1.82) is 0 Å². The molecule has 0 amide bonds.